The average molecular weight is 296 g/mol. The first-order valence-corrected chi connectivity index (χ1v) is 6.78. The van der Waals surface area contributed by atoms with Gasteiger partial charge >= 0.3 is 0 Å². The summed E-state index contributed by atoms with van der Waals surface area (Å²) in [6.45, 7) is 2.81. The van der Waals surface area contributed by atoms with Gasteiger partial charge in [0.25, 0.3) is 0 Å². The number of guanidine groups is 1. The fourth-order valence-corrected chi connectivity index (χ4v) is 1.76. The van der Waals surface area contributed by atoms with Crippen molar-refractivity contribution in [2.24, 2.45) is 10.8 Å². The molecule has 7 heteroatoms. The maximum absolute atomic E-state index is 5.47. The van der Waals surface area contributed by atoms with E-state index in [4.69, 9.17) is 20.1 Å². The van der Waals surface area contributed by atoms with Crippen molar-refractivity contribution < 1.29 is 14.2 Å². The Morgan fingerprint density at radius 2 is 1.76 bits per heavy atom. The standard InChI is InChI=1S/C14H24N4O3/c1-5-6-7-16-14(18-15)17-10-8-11(19-2)13(21-4)12(9-10)20-3/h8-9H,5-7,15H2,1-4H3,(H2,16,17,18). The minimum atomic E-state index is 0.484. The largest absolute Gasteiger partial charge is 0.493 e. The maximum Gasteiger partial charge on any atom is 0.210 e. The fraction of sp³-hybridized carbons (Fsp3) is 0.500. The van der Waals surface area contributed by atoms with Crippen molar-refractivity contribution in [1.29, 1.82) is 0 Å². The lowest BCUT2D eigenvalue weighted by molar-refractivity contribution is 0.324. The Bertz CT molecular complexity index is 452. The molecule has 1 aromatic rings. The molecule has 4 N–H and O–H groups in total. The molecule has 1 rings (SSSR count). The molecule has 0 aliphatic carbocycles. The summed E-state index contributed by atoms with van der Waals surface area (Å²) < 4.78 is 15.9. The lowest BCUT2D eigenvalue weighted by atomic mass is 10.2. The SMILES string of the molecule is CCCCN=C(NN)Nc1cc(OC)c(OC)c(OC)c1. The van der Waals surface area contributed by atoms with Gasteiger partial charge in [-0.1, -0.05) is 13.3 Å². The van der Waals surface area contributed by atoms with Crippen LogP contribution in [0.2, 0.25) is 0 Å². The highest BCUT2D eigenvalue weighted by Gasteiger charge is 2.13. The lowest BCUT2D eigenvalue weighted by Gasteiger charge is -2.15. The van der Waals surface area contributed by atoms with Crippen LogP contribution in [0, 0.1) is 0 Å². The van der Waals surface area contributed by atoms with Crippen molar-refractivity contribution in [3.8, 4) is 17.2 Å². The second-order valence-corrected chi connectivity index (χ2v) is 4.27. The summed E-state index contributed by atoms with van der Waals surface area (Å²) in [5.41, 5.74) is 3.27. The van der Waals surface area contributed by atoms with E-state index >= 15 is 0 Å². The molecule has 0 spiro atoms. The third kappa shape index (κ3) is 4.71. The van der Waals surface area contributed by atoms with Crippen molar-refractivity contribution >= 4 is 11.6 Å². The van der Waals surface area contributed by atoms with Crippen molar-refractivity contribution in [1.82, 2.24) is 5.43 Å². The Kier molecular flexibility index (Phi) is 7.17. The summed E-state index contributed by atoms with van der Waals surface area (Å²) >= 11 is 0. The summed E-state index contributed by atoms with van der Waals surface area (Å²) in [6.07, 6.45) is 2.08. The van der Waals surface area contributed by atoms with Crippen LogP contribution in [0.5, 0.6) is 17.2 Å². The van der Waals surface area contributed by atoms with E-state index in [0.717, 1.165) is 18.5 Å². The van der Waals surface area contributed by atoms with E-state index in [1.807, 2.05) is 0 Å². The number of rotatable bonds is 7. The zero-order chi connectivity index (χ0) is 15.7. The molecule has 0 aromatic heterocycles. The molecule has 0 saturated heterocycles. The first-order valence-electron chi connectivity index (χ1n) is 6.78. The second kappa shape index (κ2) is 8.91. The molecule has 0 amide bonds. The number of methoxy groups -OCH3 is 3. The molecule has 118 valence electrons. The minimum Gasteiger partial charge on any atom is -0.493 e. The van der Waals surface area contributed by atoms with Gasteiger partial charge in [-0.3, -0.25) is 10.4 Å². The van der Waals surface area contributed by atoms with Gasteiger partial charge in [-0.05, 0) is 6.42 Å². The Morgan fingerprint density at radius 1 is 1.14 bits per heavy atom. The zero-order valence-electron chi connectivity index (χ0n) is 13.0. The number of hydrogen-bond acceptors (Lipinski definition) is 5. The lowest BCUT2D eigenvalue weighted by Crippen LogP contribution is -2.36. The molecule has 0 unspecified atom stereocenters. The number of nitrogens with two attached hydrogens (primary N) is 1. The number of unbranched alkanes of at least 4 members (excludes halogenated alkanes) is 1. The zero-order valence-corrected chi connectivity index (χ0v) is 13.0. The molecule has 0 heterocycles. The van der Waals surface area contributed by atoms with Gasteiger partial charge in [0, 0.05) is 24.4 Å². The number of hydrazine groups is 1. The van der Waals surface area contributed by atoms with Crippen LogP contribution < -0.4 is 30.8 Å². The van der Waals surface area contributed by atoms with Crippen LogP contribution in [0.4, 0.5) is 5.69 Å². The molecule has 1 aromatic carbocycles. The number of benzene rings is 1. The minimum absolute atomic E-state index is 0.484. The molecule has 0 bridgehead atoms. The van der Waals surface area contributed by atoms with E-state index in [1.165, 1.54) is 0 Å². The molecule has 7 nitrogen and oxygen atoms in total. The van der Waals surface area contributed by atoms with Crippen molar-refractivity contribution in [2.45, 2.75) is 19.8 Å². The molecule has 0 fully saturated rings. The van der Waals surface area contributed by atoms with E-state index in [9.17, 15) is 0 Å². The van der Waals surface area contributed by atoms with Gasteiger partial charge in [0.2, 0.25) is 11.7 Å². The molecule has 0 aliphatic rings. The molecule has 0 saturated carbocycles. The molecule has 0 aliphatic heterocycles. The van der Waals surface area contributed by atoms with E-state index in [2.05, 4.69) is 22.7 Å². The number of aliphatic imine (C=N–C) groups is 1. The smallest absolute Gasteiger partial charge is 0.210 e. The normalized spacial score (nSPS) is 11.0. The number of anilines is 1. The average Bonchev–Trinajstić information content (AvgIpc) is 2.52. The van der Waals surface area contributed by atoms with Crippen molar-refractivity contribution in [3.63, 3.8) is 0 Å². The fourth-order valence-electron chi connectivity index (χ4n) is 1.76. The Morgan fingerprint density at radius 3 is 2.19 bits per heavy atom. The van der Waals surface area contributed by atoms with E-state index < -0.39 is 0 Å². The molecule has 21 heavy (non-hydrogen) atoms. The quantitative estimate of drug-likeness (QED) is 0.233. The number of nitrogens with one attached hydrogen (secondary N) is 2. The predicted octanol–water partition coefficient (Wildman–Crippen LogP) is 1.74. The number of ether oxygens (including phenoxy) is 3. The summed E-state index contributed by atoms with van der Waals surface area (Å²) in [5, 5.41) is 3.09. The topological polar surface area (TPSA) is 90.1 Å². The third-order valence-corrected chi connectivity index (χ3v) is 2.85. The van der Waals surface area contributed by atoms with E-state index in [1.54, 1.807) is 33.5 Å². The Balaban J connectivity index is 2.99. The van der Waals surface area contributed by atoms with Gasteiger partial charge in [-0.2, -0.15) is 0 Å². The maximum atomic E-state index is 5.47. The molecule has 0 atom stereocenters. The number of hydrogen-bond donors (Lipinski definition) is 3. The van der Waals surface area contributed by atoms with Crippen molar-refractivity contribution in [3.05, 3.63) is 12.1 Å². The van der Waals surface area contributed by atoms with Crippen LogP contribution in [-0.2, 0) is 0 Å². The summed E-state index contributed by atoms with van der Waals surface area (Å²) in [7, 11) is 4.70. The van der Waals surface area contributed by atoms with Gasteiger partial charge < -0.3 is 19.5 Å². The van der Waals surface area contributed by atoms with Gasteiger partial charge in [-0.15, -0.1) is 0 Å². The highest BCUT2D eigenvalue weighted by atomic mass is 16.5. The van der Waals surface area contributed by atoms with Gasteiger partial charge in [0.1, 0.15) is 0 Å². The van der Waals surface area contributed by atoms with Crippen molar-refractivity contribution in [2.75, 3.05) is 33.2 Å². The first-order chi connectivity index (χ1) is 10.2. The van der Waals surface area contributed by atoms with E-state index in [-0.39, 0.29) is 0 Å². The van der Waals surface area contributed by atoms with Crippen LogP contribution in [0.15, 0.2) is 17.1 Å². The highest BCUT2D eigenvalue weighted by Crippen LogP contribution is 2.39. The summed E-state index contributed by atoms with van der Waals surface area (Å²) in [4.78, 5) is 4.34. The highest BCUT2D eigenvalue weighted by molar-refractivity contribution is 5.93. The van der Waals surface area contributed by atoms with E-state index in [0.29, 0.717) is 29.8 Å². The molecule has 0 radical (unpaired) electrons. The monoisotopic (exact) mass is 296 g/mol. The first kappa shape index (κ1) is 16.9. The van der Waals surface area contributed by atoms with Crippen LogP contribution in [0.1, 0.15) is 19.8 Å². The van der Waals surface area contributed by atoms with Crippen LogP contribution in [0.3, 0.4) is 0 Å². The second-order valence-electron chi connectivity index (χ2n) is 4.27. The van der Waals surface area contributed by atoms with Gasteiger partial charge in [0.05, 0.1) is 21.3 Å². The molecular formula is C14H24N4O3. The number of nitrogens with zero attached hydrogens (tertiary/aromatic N) is 1. The Labute approximate surface area is 125 Å². The van der Waals surface area contributed by atoms with Crippen LogP contribution in [-0.4, -0.2) is 33.8 Å². The summed E-state index contributed by atoms with van der Waals surface area (Å²) in [6, 6.07) is 3.57. The van der Waals surface area contributed by atoms with Crippen LogP contribution >= 0.6 is 0 Å². The Hall–Kier alpha value is -2.15. The van der Waals surface area contributed by atoms with Gasteiger partial charge in [0.15, 0.2) is 11.5 Å². The predicted molar refractivity (Wildman–Crippen MR) is 84.3 cm³/mol. The molecular weight excluding hydrogens is 272 g/mol. The third-order valence-electron chi connectivity index (χ3n) is 2.85. The summed E-state index contributed by atoms with van der Waals surface area (Å²) in [5.74, 6) is 7.61. The van der Waals surface area contributed by atoms with Crippen LogP contribution in [0.25, 0.3) is 0 Å². The van der Waals surface area contributed by atoms with Gasteiger partial charge in [-0.25, -0.2) is 5.84 Å².